The van der Waals surface area contributed by atoms with Gasteiger partial charge in [-0.05, 0) is 52.5 Å². The second kappa shape index (κ2) is 12.2. The molecule has 0 aromatic rings. The molecule has 0 bridgehead atoms. The maximum Gasteiger partial charge on any atom is 0.303 e. The highest BCUT2D eigenvalue weighted by Gasteiger charge is 2.61. The van der Waals surface area contributed by atoms with Crippen molar-refractivity contribution < 1.29 is 38.4 Å². The Balaban J connectivity index is 1.50. The number of rotatable bonds is 9. The van der Waals surface area contributed by atoms with Gasteiger partial charge in [-0.25, -0.2) is 0 Å². The molecule has 0 aliphatic carbocycles. The highest BCUT2D eigenvalue weighted by atomic mass is 16.7. The molecular formula is C28H43NO8. The molecule has 208 valence electrons. The van der Waals surface area contributed by atoms with Gasteiger partial charge >= 0.3 is 5.97 Å². The van der Waals surface area contributed by atoms with E-state index in [9.17, 15) is 14.7 Å². The standard InChI is InChI=1S/C28H43NO8/c1-17(9-12-24-26(32)28(16-34-28)15-27(6,33-7)37-24)8-11-23-18(2)14-22(20(4)36-23)29-25(31)13-10-19(3)35-21(5)30/h8-10,12-13,18-20,22-24,26,32H,11,14-16H2,1-7H3,(H,29,31)/b12-9+,13-10-,17-8+/t18-,19-,20+,22-,23-,24?,26+,27-,28+/m0/s1. The summed E-state index contributed by atoms with van der Waals surface area (Å²) in [6.07, 6.45) is 9.09. The van der Waals surface area contributed by atoms with Crippen LogP contribution < -0.4 is 5.32 Å². The van der Waals surface area contributed by atoms with Crippen molar-refractivity contribution in [2.24, 2.45) is 5.92 Å². The third-order valence-electron chi connectivity index (χ3n) is 7.44. The molecule has 1 spiro atoms. The van der Waals surface area contributed by atoms with Gasteiger partial charge in [0.1, 0.15) is 23.9 Å². The number of epoxide rings is 1. The number of allylic oxidation sites excluding steroid dienone is 2. The van der Waals surface area contributed by atoms with Crippen LogP contribution in [-0.2, 0) is 33.3 Å². The fraction of sp³-hybridized carbons (Fsp3) is 0.714. The number of ether oxygens (including phenoxy) is 5. The van der Waals surface area contributed by atoms with Crippen molar-refractivity contribution in [3.05, 3.63) is 36.0 Å². The van der Waals surface area contributed by atoms with Gasteiger partial charge in [-0.3, -0.25) is 9.59 Å². The number of nitrogens with one attached hydrogen (secondary N) is 1. The monoisotopic (exact) mass is 521 g/mol. The van der Waals surface area contributed by atoms with Gasteiger partial charge in [0.25, 0.3) is 0 Å². The molecular weight excluding hydrogens is 478 g/mol. The number of hydrogen-bond acceptors (Lipinski definition) is 8. The first-order valence-electron chi connectivity index (χ1n) is 13.1. The molecule has 3 fully saturated rings. The number of esters is 1. The van der Waals surface area contributed by atoms with Gasteiger partial charge in [0.2, 0.25) is 5.91 Å². The Morgan fingerprint density at radius 1 is 1.24 bits per heavy atom. The second-order valence-electron chi connectivity index (χ2n) is 10.8. The van der Waals surface area contributed by atoms with E-state index in [0.717, 1.165) is 18.4 Å². The largest absolute Gasteiger partial charge is 0.459 e. The Labute approximate surface area is 220 Å². The summed E-state index contributed by atoms with van der Waals surface area (Å²) in [7, 11) is 1.60. The lowest BCUT2D eigenvalue weighted by Crippen LogP contribution is -2.55. The van der Waals surface area contributed by atoms with Crippen LogP contribution >= 0.6 is 0 Å². The van der Waals surface area contributed by atoms with Crippen LogP contribution in [0.3, 0.4) is 0 Å². The molecule has 3 heterocycles. The van der Waals surface area contributed by atoms with Crippen molar-refractivity contribution in [3.63, 3.8) is 0 Å². The molecule has 1 amide bonds. The summed E-state index contributed by atoms with van der Waals surface area (Å²) in [5, 5.41) is 13.7. The highest BCUT2D eigenvalue weighted by Crippen LogP contribution is 2.46. The first kappa shape index (κ1) is 29.5. The third kappa shape index (κ3) is 7.97. The van der Waals surface area contributed by atoms with Crippen LogP contribution in [-0.4, -0.2) is 78.6 Å². The third-order valence-corrected chi connectivity index (χ3v) is 7.44. The summed E-state index contributed by atoms with van der Waals surface area (Å²) >= 11 is 0. The van der Waals surface area contributed by atoms with Crippen LogP contribution in [0.15, 0.2) is 36.0 Å². The van der Waals surface area contributed by atoms with Gasteiger partial charge in [-0.15, -0.1) is 0 Å². The Bertz CT molecular complexity index is 910. The van der Waals surface area contributed by atoms with Crippen LogP contribution in [0.25, 0.3) is 0 Å². The van der Waals surface area contributed by atoms with Crippen molar-refractivity contribution >= 4 is 11.9 Å². The zero-order chi connectivity index (χ0) is 27.4. The fourth-order valence-electron chi connectivity index (χ4n) is 5.06. The summed E-state index contributed by atoms with van der Waals surface area (Å²) in [6.45, 7) is 11.5. The minimum atomic E-state index is -0.799. The Morgan fingerprint density at radius 3 is 2.57 bits per heavy atom. The molecule has 3 saturated heterocycles. The average molecular weight is 522 g/mol. The minimum absolute atomic E-state index is 0.0301. The van der Waals surface area contributed by atoms with Crippen LogP contribution in [0.1, 0.15) is 60.8 Å². The first-order valence-corrected chi connectivity index (χ1v) is 13.1. The molecule has 3 aliphatic rings. The predicted molar refractivity (Wildman–Crippen MR) is 138 cm³/mol. The number of aliphatic hydroxyl groups excluding tert-OH is 1. The second-order valence-corrected chi connectivity index (χ2v) is 10.8. The summed E-state index contributed by atoms with van der Waals surface area (Å²) in [5.74, 6) is -1.18. The number of amides is 1. The van der Waals surface area contributed by atoms with Gasteiger partial charge in [-0.1, -0.05) is 30.7 Å². The van der Waals surface area contributed by atoms with E-state index < -0.39 is 29.7 Å². The molecule has 0 aromatic carbocycles. The predicted octanol–water partition coefficient (Wildman–Crippen LogP) is 2.97. The zero-order valence-electron chi connectivity index (χ0n) is 23.1. The molecule has 9 nitrogen and oxygen atoms in total. The number of aliphatic hydroxyl groups is 1. The Kier molecular flexibility index (Phi) is 9.74. The topological polar surface area (TPSA) is 116 Å². The Morgan fingerprint density at radius 2 is 1.95 bits per heavy atom. The SMILES string of the molecule is CO[C@]1(C)C[C@@]2(CO2)[C@H](O)C(/C=C/C(C)=C/C[C@@H]2O[C@H](C)[C@@H](NC(=O)/C=C\[C@H](C)OC(C)=O)C[C@@H]2C)O1. The van der Waals surface area contributed by atoms with E-state index in [1.54, 1.807) is 20.1 Å². The molecule has 0 radical (unpaired) electrons. The molecule has 3 aliphatic heterocycles. The van der Waals surface area contributed by atoms with Crippen molar-refractivity contribution in [2.75, 3.05) is 13.7 Å². The molecule has 9 atom stereocenters. The molecule has 3 rings (SSSR count). The molecule has 2 N–H and O–H groups in total. The number of carbonyl (C=O) groups is 2. The van der Waals surface area contributed by atoms with E-state index in [0.29, 0.717) is 13.0 Å². The molecule has 37 heavy (non-hydrogen) atoms. The average Bonchev–Trinajstić information content (AvgIpc) is 3.59. The summed E-state index contributed by atoms with van der Waals surface area (Å²) in [6, 6.07) is -0.102. The van der Waals surface area contributed by atoms with Crippen molar-refractivity contribution in [1.29, 1.82) is 0 Å². The maximum atomic E-state index is 12.3. The van der Waals surface area contributed by atoms with Gasteiger partial charge < -0.3 is 34.1 Å². The minimum Gasteiger partial charge on any atom is -0.459 e. The van der Waals surface area contributed by atoms with Gasteiger partial charge in [0, 0.05) is 26.5 Å². The van der Waals surface area contributed by atoms with Crippen LogP contribution in [0.5, 0.6) is 0 Å². The lowest BCUT2D eigenvalue weighted by molar-refractivity contribution is -0.284. The fourth-order valence-corrected chi connectivity index (χ4v) is 5.06. The van der Waals surface area contributed by atoms with E-state index in [-0.39, 0.29) is 36.0 Å². The smallest absolute Gasteiger partial charge is 0.303 e. The molecule has 0 aromatic heterocycles. The van der Waals surface area contributed by atoms with Crippen molar-refractivity contribution in [2.45, 2.75) is 109 Å². The summed E-state index contributed by atoms with van der Waals surface area (Å²) in [4.78, 5) is 23.3. The highest BCUT2D eigenvalue weighted by molar-refractivity contribution is 5.87. The van der Waals surface area contributed by atoms with E-state index in [4.69, 9.17) is 23.7 Å². The normalized spacial score (nSPS) is 39.2. The summed E-state index contributed by atoms with van der Waals surface area (Å²) < 4.78 is 28.4. The lowest BCUT2D eigenvalue weighted by Gasteiger charge is -2.42. The number of carbonyl (C=O) groups excluding carboxylic acids is 2. The van der Waals surface area contributed by atoms with Gasteiger partial charge in [0.15, 0.2) is 5.79 Å². The van der Waals surface area contributed by atoms with Gasteiger partial charge in [-0.2, -0.15) is 0 Å². The maximum absolute atomic E-state index is 12.3. The zero-order valence-corrected chi connectivity index (χ0v) is 23.1. The molecule has 0 saturated carbocycles. The van der Waals surface area contributed by atoms with E-state index >= 15 is 0 Å². The Hall–Kier alpha value is -2.04. The lowest BCUT2D eigenvalue weighted by atomic mass is 9.87. The number of methoxy groups -OCH3 is 1. The summed E-state index contributed by atoms with van der Waals surface area (Å²) in [5.41, 5.74) is 0.455. The van der Waals surface area contributed by atoms with Crippen LogP contribution in [0.4, 0.5) is 0 Å². The van der Waals surface area contributed by atoms with Gasteiger partial charge in [0.05, 0.1) is 24.9 Å². The number of hydrogen-bond donors (Lipinski definition) is 2. The van der Waals surface area contributed by atoms with Crippen molar-refractivity contribution in [1.82, 2.24) is 5.32 Å². The first-order chi connectivity index (χ1) is 17.4. The van der Waals surface area contributed by atoms with Crippen molar-refractivity contribution in [3.8, 4) is 0 Å². The van der Waals surface area contributed by atoms with E-state index in [1.807, 2.05) is 32.9 Å². The van der Waals surface area contributed by atoms with E-state index in [2.05, 4.69) is 18.3 Å². The molecule has 9 heteroatoms. The van der Waals surface area contributed by atoms with Crippen LogP contribution in [0.2, 0.25) is 0 Å². The van der Waals surface area contributed by atoms with E-state index in [1.165, 1.54) is 13.0 Å². The molecule has 1 unspecified atom stereocenters. The van der Waals surface area contributed by atoms with Crippen LogP contribution in [0, 0.1) is 5.92 Å². The quantitative estimate of drug-likeness (QED) is 0.206.